The Morgan fingerprint density at radius 2 is 1.68 bits per heavy atom. The summed E-state index contributed by atoms with van der Waals surface area (Å²) in [6.07, 6.45) is 2.15. The fourth-order valence-corrected chi connectivity index (χ4v) is 2.45. The Kier molecular flexibility index (Phi) is 10.8. The van der Waals surface area contributed by atoms with Gasteiger partial charge in [-0.05, 0) is 30.8 Å². The quantitative estimate of drug-likeness (QED) is 0.293. The van der Waals surface area contributed by atoms with Gasteiger partial charge in [-0.1, -0.05) is 13.8 Å². The minimum absolute atomic E-state index is 0.0388. The second kappa shape index (κ2) is 11.7. The van der Waals surface area contributed by atoms with Gasteiger partial charge < -0.3 is 27.2 Å². The van der Waals surface area contributed by atoms with E-state index in [4.69, 9.17) is 11.5 Å². The molecule has 0 aliphatic rings. The molecule has 25 heavy (non-hydrogen) atoms. The highest BCUT2D eigenvalue weighted by Gasteiger charge is 2.29. The first-order valence-corrected chi connectivity index (χ1v) is 9.35. The lowest BCUT2D eigenvalue weighted by Gasteiger charge is -2.25. The summed E-state index contributed by atoms with van der Waals surface area (Å²) in [5.41, 5.74) is 10.7. The summed E-state index contributed by atoms with van der Waals surface area (Å²) in [5.74, 6) is -2.57. The van der Waals surface area contributed by atoms with Crippen molar-refractivity contribution in [1.29, 1.82) is 0 Å². The van der Waals surface area contributed by atoms with Gasteiger partial charge in [-0.15, -0.1) is 0 Å². The van der Waals surface area contributed by atoms with E-state index < -0.39 is 41.8 Å². The highest BCUT2D eigenvalue weighted by molar-refractivity contribution is 7.98. The van der Waals surface area contributed by atoms with Gasteiger partial charge in [-0.3, -0.25) is 14.4 Å². The second-order valence-corrected chi connectivity index (χ2v) is 7.01. The van der Waals surface area contributed by atoms with Gasteiger partial charge in [0.1, 0.15) is 12.1 Å². The first-order valence-electron chi connectivity index (χ1n) is 7.96. The number of nitrogens with two attached hydrogens (primary N) is 2. The minimum atomic E-state index is -1.13. The van der Waals surface area contributed by atoms with Crippen LogP contribution in [-0.2, 0) is 19.2 Å². The maximum atomic E-state index is 12.4. The van der Waals surface area contributed by atoms with Crippen molar-refractivity contribution >= 4 is 35.5 Å². The molecule has 0 aromatic carbocycles. The third-order valence-corrected chi connectivity index (χ3v) is 4.15. The van der Waals surface area contributed by atoms with Gasteiger partial charge in [-0.2, -0.15) is 11.8 Å². The SMILES string of the molecule is CSCCC(NC(=O)C(NC(=O)C(N)CCC(N)=O)C(C)C)C(=O)O. The molecule has 0 aromatic rings. The maximum Gasteiger partial charge on any atom is 0.326 e. The fourth-order valence-electron chi connectivity index (χ4n) is 1.98. The zero-order chi connectivity index (χ0) is 19.6. The lowest BCUT2D eigenvalue weighted by atomic mass is 10.0. The van der Waals surface area contributed by atoms with Crippen molar-refractivity contribution in [2.75, 3.05) is 12.0 Å². The summed E-state index contributed by atoms with van der Waals surface area (Å²) in [6, 6.07) is -2.93. The van der Waals surface area contributed by atoms with Gasteiger partial charge in [0.05, 0.1) is 6.04 Å². The fraction of sp³-hybridized carbons (Fsp3) is 0.733. The molecule has 3 amide bonds. The highest BCUT2D eigenvalue weighted by Crippen LogP contribution is 2.06. The number of rotatable bonds is 12. The van der Waals surface area contributed by atoms with Gasteiger partial charge in [0.2, 0.25) is 17.7 Å². The van der Waals surface area contributed by atoms with E-state index in [1.54, 1.807) is 13.8 Å². The summed E-state index contributed by atoms with van der Waals surface area (Å²) >= 11 is 1.47. The number of carboxylic acid groups (broad SMARTS) is 1. The zero-order valence-electron chi connectivity index (χ0n) is 14.8. The molecular formula is C15H28N4O5S. The van der Waals surface area contributed by atoms with Crippen LogP contribution in [-0.4, -0.2) is 58.9 Å². The first kappa shape index (κ1) is 23.2. The van der Waals surface area contributed by atoms with Crippen LogP contribution in [0.2, 0.25) is 0 Å². The number of hydrogen-bond donors (Lipinski definition) is 5. The number of nitrogens with one attached hydrogen (secondary N) is 2. The topological polar surface area (TPSA) is 165 Å². The molecule has 144 valence electrons. The lowest BCUT2D eigenvalue weighted by Crippen LogP contribution is -2.56. The van der Waals surface area contributed by atoms with Gasteiger partial charge in [0, 0.05) is 6.42 Å². The summed E-state index contributed by atoms with van der Waals surface area (Å²) in [4.78, 5) is 46.4. The largest absolute Gasteiger partial charge is 0.480 e. The molecule has 0 bridgehead atoms. The summed E-state index contributed by atoms with van der Waals surface area (Å²) < 4.78 is 0. The first-order chi connectivity index (χ1) is 11.6. The van der Waals surface area contributed by atoms with E-state index in [0.717, 1.165) is 0 Å². The van der Waals surface area contributed by atoms with E-state index in [2.05, 4.69) is 10.6 Å². The summed E-state index contributed by atoms with van der Waals surface area (Å²) in [6.45, 7) is 3.44. The van der Waals surface area contributed by atoms with Crippen molar-refractivity contribution in [2.24, 2.45) is 17.4 Å². The van der Waals surface area contributed by atoms with E-state index in [1.165, 1.54) is 11.8 Å². The molecule has 7 N–H and O–H groups in total. The number of carbonyl (C=O) groups is 4. The Balaban J connectivity index is 4.85. The van der Waals surface area contributed by atoms with Gasteiger partial charge >= 0.3 is 5.97 Å². The molecule has 0 aromatic heterocycles. The van der Waals surface area contributed by atoms with Gasteiger partial charge in [0.15, 0.2) is 0 Å². The Morgan fingerprint density at radius 3 is 2.12 bits per heavy atom. The molecule has 0 aliphatic heterocycles. The van der Waals surface area contributed by atoms with Crippen molar-refractivity contribution in [3.05, 3.63) is 0 Å². The molecule has 3 atom stereocenters. The molecule has 0 saturated carbocycles. The third kappa shape index (κ3) is 9.30. The second-order valence-electron chi connectivity index (χ2n) is 6.02. The maximum absolute atomic E-state index is 12.4. The molecular weight excluding hydrogens is 348 g/mol. The molecule has 0 spiro atoms. The van der Waals surface area contributed by atoms with Crippen LogP contribution >= 0.6 is 11.8 Å². The average Bonchev–Trinajstić information content (AvgIpc) is 2.52. The standard InChI is InChI=1S/C15H28N4O5S/c1-8(2)12(19-13(21)9(16)4-5-11(17)20)14(22)18-10(15(23)24)6-7-25-3/h8-10,12H,4-7,16H2,1-3H3,(H2,17,20)(H,18,22)(H,19,21)(H,23,24). The predicted octanol–water partition coefficient (Wildman–Crippen LogP) is -0.957. The molecule has 0 saturated heterocycles. The predicted molar refractivity (Wildman–Crippen MR) is 95.7 cm³/mol. The summed E-state index contributed by atoms with van der Waals surface area (Å²) in [5, 5.41) is 14.1. The molecule has 3 unspecified atom stereocenters. The van der Waals surface area contributed by atoms with Gasteiger partial charge in [-0.25, -0.2) is 4.79 Å². The molecule has 0 rings (SSSR count). The number of amides is 3. The molecule has 0 heterocycles. The Morgan fingerprint density at radius 1 is 1.08 bits per heavy atom. The molecule has 0 aliphatic carbocycles. The number of thioether (sulfide) groups is 1. The van der Waals surface area contributed by atoms with Crippen LogP contribution < -0.4 is 22.1 Å². The van der Waals surface area contributed by atoms with E-state index in [9.17, 15) is 24.3 Å². The average molecular weight is 376 g/mol. The van der Waals surface area contributed by atoms with E-state index in [1.807, 2.05) is 6.26 Å². The Bertz CT molecular complexity index is 487. The lowest BCUT2D eigenvalue weighted by molar-refractivity contribution is -0.142. The highest BCUT2D eigenvalue weighted by atomic mass is 32.2. The molecule has 9 nitrogen and oxygen atoms in total. The van der Waals surface area contributed by atoms with E-state index >= 15 is 0 Å². The van der Waals surface area contributed by atoms with Crippen LogP contribution in [0.15, 0.2) is 0 Å². The number of primary amides is 1. The Labute approximate surface area is 151 Å². The minimum Gasteiger partial charge on any atom is -0.480 e. The van der Waals surface area contributed by atoms with Crippen molar-refractivity contribution in [3.8, 4) is 0 Å². The van der Waals surface area contributed by atoms with Crippen LogP contribution in [0.5, 0.6) is 0 Å². The number of aliphatic carboxylic acids is 1. The van der Waals surface area contributed by atoms with Crippen molar-refractivity contribution in [2.45, 2.75) is 51.2 Å². The smallest absolute Gasteiger partial charge is 0.326 e. The van der Waals surface area contributed by atoms with Crippen LogP contribution in [0.4, 0.5) is 0 Å². The number of carboxylic acids is 1. The van der Waals surface area contributed by atoms with E-state index in [-0.39, 0.29) is 25.2 Å². The monoisotopic (exact) mass is 376 g/mol. The van der Waals surface area contributed by atoms with E-state index in [0.29, 0.717) is 5.75 Å². The third-order valence-electron chi connectivity index (χ3n) is 3.51. The van der Waals surface area contributed by atoms with Crippen molar-refractivity contribution in [1.82, 2.24) is 10.6 Å². The van der Waals surface area contributed by atoms with Crippen LogP contribution in [0, 0.1) is 5.92 Å². The Hall–Kier alpha value is -1.81. The zero-order valence-corrected chi connectivity index (χ0v) is 15.6. The number of carbonyl (C=O) groups excluding carboxylic acids is 3. The van der Waals surface area contributed by atoms with Gasteiger partial charge in [0.25, 0.3) is 0 Å². The molecule has 10 heteroatoms. The molecule has 0 radical (unpaired) electrons. The molecule has 0 fully saturated rings. The van der Waals surface area contributed by atoms with Crippen molar-refractivity contribution < 1.29 is 24.3 Å². The number of hydrogen-bond acceptors (Lipinski definition) is 6. The normalized spacial score (nSPS) is 14.4. The van der Waals surface area contributed by atoms with Crippen LogP contribution in [0.25, 0.3) is 0 Å². The van der Waals surface area contributed by atoms with Crippen molar-refractivity contribution in [3.63, 3.8) is 0 Å². The van der Waals surface area contributed by atoms with Crippen LogP contribution in [0.1, 0.15) is 33.1 Å². The van der Waals surface area contributed by atoms with Crippen LogP contribution in [0.3, 0.4) is 0 Å². The summed E-state index contributed by atoms with van der Waals surface area (Å²) in [7, 11) is 0.